The SMILES string of the molecule is CCCCCCCCN1C(=O)C(C=Nc2cc(Cl)ccc2C)C(=O)N(CCCC)C1=O. The monoisotopic (exact) mass is 447 g/mol. The van der Waals surface area contributed by atoms with Gasteiger partial charge in [-0.25, -0.2) is 4.79 Å². The van der Waals surface area contributed by atoms with Crippen molar-refractivity contribution in [1.82, 2.24) is 9.80 Å². The number of aliphatic imine (C=N–C) groups is 1. The van der Waals surface area contributed by atoms with Crippen molar-refractivity contribution in [3.63, 3.8) is 0 Å². The predicted octanol–water partition coefficient (Wildman–Crippen LogP) is 5.92. The quantitative estimate of drug-likeness (QED) is 0.227. The number of rotatable bonds is 12. The zero-order chi connectivity index (χ0) is 22.8. The van der Waals surface area contributed by atoms with Crippen molar-refractivity contribution in [2.45, 2.75) is 72.1 Å². The Morgan fingerprint density at radius 3 is 2.13 bits per heavy atom. The van der Waals surface area contributed by atoms with E-state index in [1.807, 2.05) is 19.9 Å². The van der Waals surface area contributed by atoms with E-state index < -0.39 is 23.8 Å². The van der Waals surface area contributed by atoms with E-state index in [1.165, 1.54) is 28.9 Å². The van der Waals surface area contributed by atoms with E-state index in [0.717, 1.165) is 37.7 Å². The lowest BCUT2D eigenvalue weighted by molar-refractivity contribution is -0.145. The molecule has 0 saturated carbocycles. The molecular weight excluding hydrogens is 414 g/mol. The summed E-state index contributed by atoms with van der Waals surface area (Å²) in [7, 11) is 0. The number of amides is 4. The highest BCUT2D eigenvalue weighted by atomic mass is 35.5. The third kappa shape index (κ3) is 6.89. The average molecular weight is 448 g/mol. The molecule has 7 heteroatoms. The van der Waals surface area contributed by atoms with Gasteiger partial charge in [-0.1, -0.05) is 70.0 Å². The molecule has 1 atom stereocenters. The van der Waals surface area contributed by atoms with Gasteiger partial charge in [-0.05, 0) is 37.5 Å². The third-order valence-electron chi connectivity index (χ3n) is 5.53. The molecule has 1 aliphatic rings. The molecule has 0 aromatic heterocycles. The van der Waals surface area contributed by atoms with Gasteiger partial charge in [-0.15, -0.1) is 0 Å². The molecule has 0 spiro atoms. The minimum absolute atomic E-state index is 0.314. The smallest absolute Gasteiger partial charge is 0.273 e. The van der Waals surface area contributed by atoms with Crippen molar-refractivity contribution in [2.24, 2.45) is 10.9 Å². The van der Waals surface area contributed by atoms with Crippen LogP contribution in [0.25, 0.3) is 0 Å². The van der Waals surface area contributed by atoms with Gasteiger partial charge < -0.3 is 0 Å². The van der Waals surface area contributed by atoms with Gasteiger partial charge in [0.05, 0.1) is 5.69 Å². The maximum absolute atomic E-state index is 13.0. The topological polar surface area (TPSA) is 70.1 Å². The Bertz CT molecular complexity index is 809. The van der Waals surface area contributed by atoms with E-state index in [2.05, 4.69) is 11.9 Å². The van der Waals surface area contributed by atoms with Gasteiger partial charge in [0.1, 0.15) is 0 Å². The third-order valence-corrected chi connectivity index (χ3v) is 5.77. The number of imide groups is 2. The lowest BCUT2D eigenvalue weighted by Gasteiger charge is -2.35. The van der Waals surface area contributed by atoms with Crippen LogP contribution < -0.4 is 0 Å². The highest BCUT2D eigenvalue weighted by Gasteiger charge is 2.44. The number of carbonyl (C=O) groups is 3. The minimum Gasteiger partial charge on any atom is -0.273 e. The molecule has 2 rings (SSSR count). The van der Waals surface area contributed by atoms with Crippen LogP contribution in [-0.2, 0) is 9.59 Å². The summed E-state index contributed by atoms with van der Waals surface area (Å²) in [6.07, 6.45) is 9.23. The second kappa shape index (κ2) is 12.6. The van der Waals surface area contributed by atoms with Crippen LogP contribution in [0, 0.1) is 12.8 Å². The highest BCUT2D eigenvalue weighted by molar-refractivity contribution is 6.31. The second-order valence-electron chi connectivity index (χ2n) is 8.07. The average Bonchev–Trinajstić information content (AvgIpc) is 2.74. The number of nitrogens with zero attached hydrogens (tertiary/aromatic N) is 3. The fourth-order valence-electron chi connectivity index (χ4n) is 3.56. The number of barbiturate groups is 1. The first-order chi connectivity index (χ1) is 14.9. The Labute approximate surface area is 190 Å². The van der Waals surface area contributed by atoms with Gasteiger partial charge in [-0.3, -0.25) is 24.4 Å². The Kier molecular flexibility index (Phi) is 10.2. The molecule has 1 unspecified atom stereocenters. The Balaban J connectivity index is 2.17. The maximum Gasteiger partial charge on any atom is 0.333 e. The van der Waals surface area contributed by atoms with E-state index in [4.69, 9.17) is 11.6 Å². The van der Waals surface area contributed by atoms with E-state index in [-0.39, 0.29) is 0 Å². The van der Waals surface area contributed by atoms with Crippen molar-refractivity contribution >= 4 is 41.3 Å². The Morgan fingerprint density at radius 1 is 0.903 bits per heavy atom. The molecule has 4 amide bonds. The van der Waals surface area contributed by atoms with Gasteiger partial charge in [-0.2, -0.15) is 0 Å². The molecule has 1 aromatic carbocycles. The van der Waals surface area contributed by atoms with Gasteiger partial charge in [0, 0.05) is 24.3 Å². The largest absolute Gasteiger partial charge is 0.333 e. The molecule has 0 aliphatic carbocycles. The zero-order valence-corrected chi connectivity index (χ0v) is 19.7. The van der Waals surface area contributed by atoms with Crippen LogP contribution in [-0.4, -0.2) is 46.9 Å². The van der Waals surface area contributed by atoms with Crippen LogP contribution in [0.2, 0.25) is 5.02 Å². The van der Waals surface area contributed by atoms with Crippen molar-refractivity contribution in [2.75, 3.05) is 13.1 Å². The molecule has 31 heavy (non-hydrogen) atoms. The first kappa shape index (κ1) is 25.1. The van der Waals surface area contributed by atoms with E-state index in [0.29, 0.717) is 30.2 Å². The van der Waals surface area contributed by atoms with Gasteiger partial charge >= 0.3 is 6.03 Å². The number of urea groups is 1. The number of hydrogen-bond acceptors (Lipinski definition) is 4. The molecule has 170 valence electrons. The van der Waals surface area contributed by atoms with E-state index in [1.54, 1.807) is 12.1 Å². The first-order valence-electron chi connectivity index (χ1n) is 11.4. The van der Waals surface area contributed by atoms with Crippen LogP contribution in [0.15, 0.2) is 23.2 Å². The summed E-state index contributed by atoms with van der Waals surface area (Å²) in [5.74, 6) is -2.07. The lowest BCUT2D eigenvalue weighted by Crippen LogP contribution is -2.60. The summed E-state index contributed by atoms with van der Waals surface area (Å²) in [4.78, 5) is 45.7. The molecule has 0 N–H and O–H groups in total. The Morgan fingerprint density at radius 2 is 1.48 bits per heavy atom. The highest BCUT2D eigenvalue weighted by Crippen LogP contribution is 2.24. The number of halogens is 1. The molecule has 1 saturated heterocycles. The molecule has 6 nitrogen and oxygen atoms in total. The van der Waals surface area contributed by atoms with E-state index in [9.17, 15) is 14.4 Å². The van der Waals surface area contributed by atoms with Crippen molar-refractivity contribution in [3.05, 3.63) is 28.8 Å². The summed E-state index contributed by atoms with van der Waals surface area (Å²) in [6.45, 7) is 6.70. The van der Waals surface area contributed by atoms with Crippen molar-refractivity contribution in [1.29, 1.82) is 0 Å². The minimum atomic E-state index is -1.09. The zero-order valence-electron chi connectivity index (χ0n) is 18.9. The standard InChI is InChI=1S/C24H34ClN3O3/c1-4-6-8-9-10-11-15-28-23(30)20(22(29)27(24(28)31)14-7-5-2)17-26-21-16-19(25)13-12-18(21)3/h12-13,16-17,20H,4-11,14-15H2,1-3H3. The second-order valence-corrected chi connectivity index (χ2v) is 8.51. The number of hydrogen-bond donors (Lipinski definition) is 0. The molecule has 0 radical (unpaired) electrons. The fourth-order valence-corrected chi connectivity index (χ4v) is 3.72. The summed E-state index contributed by atoms with van der Waals surface area (Å²) in [5, 5.41) is 0.531. The molecule has 1 fully saturated rings. The van der Waals surface area contributed by atoms with Crippen molar-refractivity contribution < 1.29 is 14.4 Å². The summed E-state index contributed by atoms with van der Waals surface area (Å²) in [6, 6.07) is 4.79. The van der Waals surface area contributed by atoms with Gasteiger partial charge in [0.2, 0.25) is 11.8 Å². The fraction of sp³-hybridized carbons (Fsp3) is 0.583. The number of unbranched alkanes of at least 4 members (excludes halogenated alkanes) is 6. The molecule has 1 heterocycles. The number of carbonyl (C=O) groups excluding carboxylic acids is 3. The normalized spacial score (nSPS) is 17.3. The number of aryl methyl sites for hydroxylation is 1. The molecule has 1 aromatic rings. The van der Waals surface area contributed by atoms with Crippen molar-refractivity contribution in [3.8, 4) is 0 Å². The van der Waals surface area contributed by atoms with Crippen LogP contribution in [0.5, 0.6) is 0 Å². The maximum atomic E-state index is 13.0. The molecule has 1 aliphatic heterocycles. The summed E-state index contributed by atoms with van der Waals surface area (Å²) in [5.41, 5.74) is 1.49. The van der Waals surface area contributed by atoms with Gasteiger partial charge in [0.25, 0.3) is 0 Å². The number of benzene rings is 1. The molecular formula is C24H34ClN3O3. The van der Waals surface area contributed by atoms with E-state index >= 15 is 0 Å². The predicted molar refractivity (Wildman–Crippen MR) is 125 cm³/mol. The van der Waals surface area contributed by atoms with Crippen LogP contribution >= 0.6 is 11.6 Å². The lowest BCUT2D eigenvalue weighted by atomic mass is 10.0. The summed E-state index contributed by atoms with van der Waals surface area (Å²) >= 11 is 6.05. The van der Waals surface area contributed by atoms with Crippen LogP contribution in [0.1, 0.15) is 70.8 Å². The Hall–Kier alpha value is -2.21. The van der Waals surface area contributed by atoms with Crippen LogP contribution in [0.4, 0.5) is 10.5 Å². The first-order valence-corrected chi connectivity index (χ1v) is 11.8. The van der Waals surface area contributed by atoms with Crippen LogP contribution in [0.3, 0.4) is 0 Å². The van der Waals surface area contributed by atoms with Gasteiger partial charge in [0.15, 0.2) is 5.92 Å². The molecule has 0 bridgehead atoms. The summed E-state index contributed by atoms with van der Waals surface area (Å²) < 4.78 is 0.